The number of allylic oxidation sites excluding steroid dienone is 4. The van der Waals surface area contributed by atoms with Crippen molar-refractivity contribution < 1.29 is 0 Å². The molecule has 8 heavy (non-hydrogen) atoms. The van der Waals surface area contributed by atoms with Gasteiger partial charge in [0.15, 0.2) is 0 Å². The van der Waals surface area contributed by atoms with Crippen molar-refractivity contribution in [2.24, 2.45) is 0 Å². The molecule has 0 fully saturated rings. The Bertz CT molecular complexity index is 121. The highest BCUT2D eigenvalue weighted by atomic mass is 14.1. The zero-order valence-corrected chi connectivity index (χ0v) is 5.52. The molecule has 0 aromatic carbocycles. The summed E-state index contributed by atoms with van der Waals surface area (Å²) in [5.41, 5.74) is 0. The van der Waals surface area contributed by atoms with E-state index in [-0.39, 0.29) is 0 Å². The summed E-state index contributed by atoms with van der Waals surface area (Å²) in [5.74, 6) is 0. The molecule has 0 heterocycles. The van der Waals surface area contributed by atoms with Crippen molar-refractivity contribution in [2.45, 2.75) is 18.7 Å². The summed E-state index contributed by atoms with van der Waals surface area (Å²) in [6.45, 7) is 2.21. The van der Waals surface area contributed by atoms with Crippen LogP contribution in [0, 0.1) is 0 Å². The van der Waals surface area contributed by atoms with Crippen molar-refractivity contribution in [3.63, 3.8) is 0 Å². The quantitative estimate of drug-likeness (QED) is 0.442. The minimum atomic E-state index is 0.375. The average molecular weight is 106 g/mol. The summed E-state index contributed by atoms with van der Waals surface area (Å²) < 4.78 is 0. The van der Waals surface area contributed by atoms with Crippen LogP contribution in [0.3, 0.4) is 0 Å². The lowest BCUT2D eigenvalue weighted by Crippen LogP contribution is -2.00. The number of hydrogen-bond donors (Lipinski definition) is 0. The Balaban J connectivity index is 2.69. The maximum atomic E-state index is 2.24. The van der Waals surface area contributed by atoms with Crippen LogP contribution >= 0.6 is 0 Å². The van der Waals surface area contributed by atoms with Gasteiger partial charge in [-0.2, -0.15) is 0 Å². The predicted octanol–water partition coefficient (Wildman–Crippen LogP) is 1.31. The Hall–Kier alpha value is -0.455. The van der Waals surface area contributed by atoms with Crippen molar-refractivity contribution in [3.05, 3.63) is 24.3 Å². The minimum Gasteiger partial charge on any atom is -0.0827 e. The Labute approximate surface area is 51.7 Å². The normalized spacial score (nSPS) is 22.1. The Kier molecular flexibility index (Phi) is 1.28. The van der Waals surface area contributed by atoms with Gasteiger partial charge in [0.2, 0.25) is 0 Å². The van der Waals surface area contributed by atoms with Crippen LogP contribution in [0.1, 0.15) is 13.3 Å². The summed E-state index contributed by atoms with van der Waals surface area (Å²) in [7, 11) is 2.24. The van der Waals surface area contributed by atoms with Crippen LogP contribution in [0.5, 0.6) is 0 Å². The van der Waals surface area contributed by atoms with Crippen LogP contribution in [-0.2, 0) is 0 Å². The van der Waals surface area contributed by atoms with Crippen LogP contribution in [0.15, 0.2) is 24.3 Å². The summed E-state index contributed by atoms with van der Waals surface area (Å²) in [6, 6.07) is 0. The fourth-order valence-corrected chi connectivity index (χ4v) is 0.842. The lowest BCUT2D eigenvalue weighted by molar-refractivity contribution is 0.809. The fraction of sp³-hybridized carbons (Fsp3) is 0.429. The standard InChI is InChI=1S/C7H11B/c1-2-7(8)5-3-4-6-7/h3-6H,2,8H2,1H3. The van der Waals surface area contributed by atoms with Gasteiger partial charge in [0.25, 0.3) is 0 Å². The van der Waals surface area contributed by atoms with Gasteiger partial charge in [0.05, 0.1) is 0 Å². The molecule has 0 aliphatic heterocycles. The summed E-state index contributed by atoms with van der Waals surface area (Å²) in [6.07, 6.45) is 9.92. The van der Waals surface area contributed by atoms with E-state index in [1.807, 2.05) is 0 Å². The van der Waals surface area contributed by atoms with E-state index in [0.29, 0.717) is 5.31 Å². The molecule has 1 rings (SSSR count). The highest BCUT2D eigenvalue weighted by Crippen LogP contribution is 2.32. The van der Waals surface area contributed by atoms with Crippen LogP contribution in [-0.4, -0.2) is 7.85 Å². The van der Waals surface area contributed by atoms with Gasteiger partial charge >= 0.3 is 0 Å². The van der Waals surface area contributed by atoms with Crippen molar-refractivity contribution in [3.8, 4) is 0 Å². The van der Waals surface area contributed by atoms with Crippen molar-refractivity contribution in [1.82, 2.24) is 0 Å². The maximum Gasteiger partial charge on any atom is 0.119 e. The first-order valence-electron chi connectivity index (χ1n) is 3.14. The third-order valence-corrected chi connectivity index (χ3v) is 1.83. The van der Waals surface area contributed by atoms with E-state index in [2.05, 4.69) is 39.1 Å². The molecule has 0 spiro atoms. The second-order valence-corrected chi connectivity index (χ2v) is 2.58. The molecule has 0 saturated heterocycles. The Morgan fingerprint density at radius 1 is 1.38 bits per heavy atom. The molecule has 0 N–H and O–H groups in total. The largest absolute Gasteiger partial charge is 0.119 e. The van der Waals surface area contributed by atoms with Crippen LogP contribution in [0.4, 0.5) is 0 Å². The molecule has 0 aromatic rings. The van der Waals surface area contributed by atoms with E-state index in [1.165, 1.54) is 6.42 Å². The molecule has 0 unspecified atom stereocenters. The smallest absolute Gasteiger partial charge is 0.0827 e. The molecule has 0 aromatic heterocycles. The fourth-order valence-electron chi connectivity index (χ4n) is 0.842. The summed E-state index contributed by atoms with van der Waals surface area (Å²) in [4.78, 5) is 0. The van der Waals surface area contributed by atoms with Crippen LogP contribution < -0.4 is 0 Å². The first-order chi connectivity index (χ1) is 3.77. The monoisotopic (exact) mass is 106 g/mol. The average Bonchev–Trinajstić information content (AvgIpc) is 2.17. The maximum absolute atomic E-state index is 2.24. The topological polar surface area (TPSA) is 0 Å². The predicted molar refractivity (Wildman–Crippen MR) is 39.8 cm³/mol. The third kappa shape index (κ3) is 0.859. The first kappa shape index (κ1) is 5.68. The lowest BCUT2D eigenvalue weighted by atomic mass is 9.68. The van der Waals surface area contributed by atoms with E-state index in [1.54, 1.807) is 0 Å². The molecule has 0 atom stereocenters. The van der Waals surface area contributed by atoms with E-state index >= 15 is 0 Å². The molecular formula is C7H11B. The third-order valence-electron chi connectivity index (χ3n) is 1.83. The van der Waals surface area contributed by atoms with Crippen molar-refractivity contribution in [1.29, 1.82) is 0 Å². The van der Waals surface area contributed by atoms with E-state index in [4.69, 9.17) is 0 Å². The molecule has 0 nitrogen and oxygen atoms in total. The SMILES string of the molecule is BC1(CC)C=CC=C1. The minimum absolute atomic E-state index is 0.375. The highest BCUT2D eigenvalue weighted by Gasteiger charge is 2.15. The van der Waals surface area contributed by atoms with Crippen LogP contribution in [0.25, 0.3) is 0 Å². The Morgan fingerprint density at radius 2 is 1.88 bits per heavy atom. The Morgan fingerprint density at radius 3 is 2.12 bits per heavy atom. The molecular weight excluding hydrogens is 94.9 g/mol. The van der Waals surface area contributed by atoms with E-state index in [0.717, 1.165) is 0 Å². The van der Waals surface area contributed by atoms with Gasteiger partial charge in [-0.05, 0) is 5.31 Å². The zero-order chi connectivity index (χ0) is 6.04. The van der Waals surface area contributed by atoms with Gasteiger partial charge in [0, 0.05) is 0 Å². The molecule has 0 bridgehead atoms. The van der Waals surface area contributed by atoms with E-state index < -0.39 is 0 Å². The second kappa shape index (κ2) is 1.81. The molecule has 1 heteroatoms. The first-order valence-corrected chi connectivity index (χ1v) is 3.14. The molecule has 1 aliphatic rings. The molecule has 0 saturated carbocycles. The van der Waals surface area contributed by atoms with Gasteiger partial charge in [-0.1, -0.05) is 37.6 Å². The van der Waals surface area contributed by atoms with Gasteiger partial charge < -0.3 is 0 Å². The zero-order valence-electron chi connectivity index (χ0n) is 5.52. The summed E-state index contributed by atoms with van der Waals surface area (Å²) >= 11 is 0. The van der Waals surface area contributed by atoms with Crippen LogP contribution in [0.2, 0.25) is 5.31 Å². The summed E-state index contributed by atoms with van der Waals surface area (Å²) in [5, 5.41) is 0.375. The lowest BCUT2D eigenvalue weighted by Gasteiger charge is -2.14. The van der Waals surface area contributed by atoms with Gasteiger partial charge in [0.1, 0.15) is 7.85 Å². The second-order valence-electron chi connectivity index (χ2n) is 2.58. The number of rotatable bonds is 1. The van der Waals surface area contributed by atoms with Crippen molar-refractivity contribution >= 4 is 7.85 Å². The molecule has 0 radical (unpaired) electrons. The van der Waals surface area contributed by atoms with Gasteiger partial charge in [-0.25, -0.2) is 0 Å². The highest BCUT2D eigenvalue weighted by molar-refractivity contribution is 6.18. The van der Waals surface area contributed by atoms with Gasteiger partial charge in [-0.15, -0.1) is 0 Å². The number of hydrogen-bond acceptors (Lipinski definition) is 0. The molecule has 42 valence electrons. The van der Waals surface area contributed by atoms with E-state index in [9.17, 15) is 0 Å². The molecule has 0 amide bonds. The molecule has 1 aliphatic carbocycles. The van der Waals surface area contributed by atoms with Gasteiger partial charge in [-0.3, -0.25) is 0 Å². The van der Waals surface area contributed by atoms with Crippen molar-refractivity contribution in [2.75, 3.05) is 0 Å².